The molecule has 0 rings (SSSR count). The molecule has 0 aliphatic heterocycles. The van der Waals surface area contributed by atoms with Gasteiger partial charge in [-0.3, -0.25) is 0 Å². The van der Waals surface area contributed by atoms with E-state index in [-0.39, 0.29) is 17.1 Å². The first-order valence-electron chi connectivity index (χ1n) is 4.22. The summed E-state index contributed by atoms with van der Waals surface area (Å²) in [6, 6.07) is 0. The molecule has 0 bridgehead atoms. The van der Waals surface area contributed by atoms with Crippen molar-refractivity contribution in [3.8, 4) is 0 Å². The Labute approximate surface area is 111 Å². The van der Waals surface area contributed by atoms with E-state index in [9.17, 15) is 0 Å². The van der Waals surface area contributed by atoms with Crippen LogP contribution in [0.2, 0.25) is 0 Å². The van der Waals surface area contributed by atoms with Gasteiger partial charge in [0.15, 0.2) is 0 Å². The molecule has 0 aliphatic carbocycles. The molecule has 0 N–H and O–H groups in total. The van der Waals surface area contributed by atoms with Gasteiger partial charge in [0.25, 0.3) is 0 Å². The van der Waals surface area contributed by atoms with Crippen LogP contribution < -0.4 is 0 Å². The molecule has 0 amide bonds. The maximum atomic E-state index is 8.00. The van der Waals surface area contributed by atoms with Crippen molar-refractivity contribution in [3.63, 3.8) is 0 Å². The Balaban J connectivity index is -0.0000000238. The number of carbonyl (C=O) groups is 4. The van der Waals surface area contributed by atoms with Crippen LogP contribution in [0.5, 0.6) is 0 Å². The van der Waals surface area contributed by atoms with Crippen LogP contribution in [0.25, 0.3) is 0 Å². The molecular weight excluding hydrogens is 270 g/mol. The number of hydrogen-bond donors (Lipinski definition) is 0. The fourth-order valence-electron chi connectivity index (χ4n) is 0.671. The molecule has 0 aliphatic rings. The summed E-state index contributed by atoms with van der Waals surface area (Å²) < 4.78 is 0. The van der Waals surface area contributed by atoms with E-state index in [1.807, 2.05) is 27.2 Å². The summed E-state index contributed by atoms with van der Waals surface area (Å²) in [4.78, 5) is 32.0. The smallest absolute Gasteiger partial charge is 0.106 e. The maximum Gasteiger partial charge on any atom is 0.106 e. The van der Waals surface area contributed by atoms with E-state index in [0.717, 1.165) is 0 Å². The summed E-state index contributed by atoms with van der Waals surface area (Å²) in [5, 5.41) is 0. The molecule has 0 heterocycles. The van der Waals surface area contributed by atoms with Crippen molar-refractivity contribution in [2.45, 2.75) is 20.8 Å². The molecule has 99 valence electrons. The minimum Gasteiger partial charge on any atom is -0.307 e. The number of carbonyl (C=O) groups excluding carboxylic acids is 4. The van der Waals surface area contributed by atoms with Gasteiger partial charge in [0.2, 0.25) is 0 Å². The molecular formula is C10H23MnO4P. The van der Waals surface area contributed by atoms with Crippen molar-refractivity contribution in [1.82, 2.24) is 0 Å². The monoisotopic (exact) mass is 293 g/mol. The third-order valence-corrected chi connectivity index (χ3v) is 4.02. The normalized spacial score (nSPS) is 5.50. The van der Waals surface area contributed by atoms with Crippen LogP contribution in [0.3, 0.4) is 0 Å². The van der Waals surface area contributed by atoms with Crippen LogP contribution in [0.1, 0.15) is 20.8 Å². The van der Waals surface area contributed by atoms with Crippen molar-refractivity contribution < 1.29 is 36.2 Å². The largest absolute Gasteiger partial charge is 0.307 e. The zero-order valence-corrected chi connectivity index (χ0v) is 12.5. The van der Waals surface area contributed by atoms with Crippen LogP contribution in [-0.2, 0) is 36.2 Å². The zero-order chi connectivity index (χ0) is 13.7. The van der Waals surface area contributed by atoms with Crippen LogP contribution in [0.4, 0.5) is 0 Å². The number of rotatable bonds is 3. The average molecular weight is 293 g/mol. The summed E-state index contributed by atoms with van der Waals surface area (Å²) in [7, 11) is 0.446. The zero-order valence-electron chi connectivity index (χ0n) is 10.4. The molecule has 0 spiro atoms. The molecule has 1 radical (unpaired) electrons. The molecule has 6 heteroatoms. The standard InChI is InChI=1S/C6H15P.4CH2O.Mn/c1-4-7(5-2)6-3;4*1-2;/h4-6H2,1-3H3;4*1H2;. The van der Waals surface area contributed by atoms with Crippen LogP contribution >= 0.6 is 7.92 Å². The van der Waals surface area contributed by atoms with Gasteiger partial charge >= 0.3 is 0 Å². The Morgan fingerprint density at radius 3 is 0.750 bits per heavy atom. The summed E-state index contributed by atoms with van der Waals surface area (Å²) in [6.07, 6.45) is 4.26. The third-order valence-electron chi connectivity index (χ3n) is 1.34. The first-order chi connectivity index (χ1) is 7.35. The van der Waals surface area contributed by atoms with Gasteiger partial charge in [-0.05, 0) is 18.5 Å². The quantitative estimate of drug-likeness (QED) is 0.587. The molecule has 0 unspecified atom stereocenters. The molecule has 16 heavy (non-hydrogen) atoms. The van der Waals surface area contributed by atoms with Gasteiger partial charge in [0, 0.05) is 17.1 Å². The fourth-order valence-corrected chi connectivity index (χ4v) is 2.01. The van der Waals surface area contributed by atoms with Gasteiger partial charge in [0.1, 0.15) is 27.2 Å². The minimum atomic E-state index is 0. The molecule has 0 fully saturated rings. The van der Waals surface area contributed by atoms with E-state index in [1.54, 1.807) is 0 Å². The van der Waals surface area contributed by atoms with Crippen LogP contribution in [0, 0.1) is 0 Å². The van der Waals surface area contributed by atoms with Gasteiger partial charge in [-0.1, -0.05) is 20.8 Å². The second kappa shape index (κ2) is 85.8. The summed E-state index contributed by atoms with van der Waals surface area (Å²) >= 11 is 0. The van der Waals surface area contributed by atoms with Crippen molar-refractivity contribution in [2.24, 2.45) is 0 Å². The molecule has 4 nitrogen and oxygen atoms in total. The Bertz CT molecular complexity index is 71.7. The molecule has 0 aromatic rings. The van der Waals surface area contributed by atoms with Crippen molar-refractivity contribution in [3.05, 3.63) is 0 Å². The van der Waals surface area contributed by atoms with E-state index in [0.29, 0.717) is 7.92 Å². The summed E-state index contributed by atoms with van der Waals surface area (Å²) in [5.74, 6) is 0. The van der Waals surface area contributed by atoms with Crippen molar-refractivity contribution >= 4 is 35.1 Å². The predicted molar refractivity (Wildman–Crippen MR) is 67.0 cm³/mol. The van der Waals surface area contributed by atoms with Gasteiger partial charge in [-0.25, -0.2) is 0 Å². The molecule has 0 atom stereocenters. The maximum absolute atomic E-state index is 8.00. The first-order valence-corrected chi connectivity index (χ1v) is 6.12. The second-order valence-electron chi connectivity index (χ2n) is 1.62. The van der Waals surface area contributed by atoms with Gasteiger partial charge in [-0.2, -0.15) is 0 Å². The Kier molecular flexibility index (Phi) is 193. The van der Waals surface area contributed by atoms with Crippen molar-refractivity contribution in [2.75, 3.05) is 18.5 Å². The van der Waals surface area contributed by atoms with Crippen LogP contribution in [-0.4, -0.2) is 45.6 Å². The predicted octanol–water partition coefficient (Wildman–Crippen LogP) is 1.79. The van der Waals surface area contributed by atoms with Crippen LogP contribution in [0.15, 0.2) is 0 Å². The Hall–Kier alpha value is -0.371. The summed E-state index contributed by atoms with van der Waals surface area (Å²) in [5.41, 5.74) is 0. The van der Waals surface area contributed by atoms with E-state index < -0.39 is 0 Å². The molecule has 0 aromatic carbocycles. The van der Waals surface area contributed by atoms with E-state index >= 15 is 0 Å². The second-order valence-corrected chi connectivity index (χ2v) is 4.86. The Morgan fingerprint density at radius 2 is 0.750 bits per heavy atom. The van der Waals surface area contributed by atoms with E-state index in [4.69, 9.17) is 19.2 Å². The molecule has 0 aromatic heterocycles. The van der Waals surface area contributed by atoms with E-state index in [2.05, 4.69) is 20.8 Å². The van der Waals surface area contributed by atoms with Gasteiger partial charge in [-0.15, -0.1) is 7.92 Å². The first kappa shape index (κ1) is 36.1. The Morgan fingerprint density at radius 1 is 0.625 bits per heavy atom. The third kappa shape index (κ3) is 68.6. The SMILES string of the molecule is C=O.C=O.C=O.C=O.CCP(CC)CC.[Mn]. The van der Waals surface area contributed by atoms with Gasteiger partial charge < -0.3 is 19.2 Å². The summed E-state index contributed by atoms with van der Waals surface area (Å²) in [6.45, 7) is 14.9. The minimum absolute atomic E-state index is 0. The van der Waals surface area contributed by atoms with Crippen molar-refractivity contribution in [1.29, 1.82) is 0 Å². The molecule has 0 saturated carbocycles. The van der Waals surface area contributed by atoms with Gasteiger partial charge in [0.05, 0.1) is 0 Å². The topological polar surface area (TPSA) is 68.3 Å². The number of hydrogen-bond acceptors (Lipinski definition) is 4. The van der Waals surface area contributed by atoms with E-state index in [1.165, 1.54) is 18.5 Å². The fraction of sp³-hybridized carbons (Fsp3) is 0.600. The average Bonchev–Trinajstić information content (AvgIpc) is 2.41. The molecule has 0 saturated heterocycles.